The minimum absolute atomic E-state index is 0.228. The average Bonchev–Trinajstić information content (AvgIpc) is 3.31. The van der Waals surface area contributed by atoms with Crippen LogP contribution in [0.4, 0.5) is 0 Å². The van der Waals surface area contributed by atoms with Gasteiger partial charge in [-0.05, 0) is 25.3 Å². The third-order valence-electron chi connectivity index (χ3n) is 4.04. The molecule has 3 rings (SSSR count). The highest BCUT2D eigenvalue weighted by atomic mass is 32.1. The van der Waals surface area contributed by atoms with E-state index in [2.05, 4.69) is 34.7 Å². The molecule has 1 fully saturated rings. The highest BCUT2D eigenvalue weighted by molar-refractivity contribution is 7.09. The molecule has 24 heavy (non-hydrogen) atoms. The zero-order valence-electron chi connectivity index (χ0n) is 13.9. The molecule has 0 bridgehead atoms. The molecule has 6 heteroatoms. The summed E-state index contributed by atoms with van der Waals surface area (Å²) in [7, 11) is 0. The van der Waals surface area contributed by atoms with E-state index in [0.29, 0.717) is 13.1 Å². The molecule has 1 aliphatic rings. The van der Waals surface area contributed by atoms with Gasteiger partial charge < -0.3 is 15.4 Å². The van der Waals surface area contributed by atoms with E-state index in [1.807, 2.05) is 29.8 Å². The number of thiazole rings is 1. The molecule has 128 valence electrons. The van der Waals surface area contributed by atoms with Gasteiger partial charge in [0.25, 0.3) is 0 Å². The van der Waals surface area contributed by atoms with Crippen molar-refractivity contribution in [2.24, 2.45) is 4.99 Å². The number of hydrogen-bond donors (Lipinski definition) is 2. The van der Waals surface area contributed by atoms with Gasteiger partial charge in [-0.3, -0.25) is 0 Å². The molecular weight excluding hydrogens is 320 g/mol. The van der Waals surface area contributed by atoms with Crippen molar-refractivity contribution in [1.29, 1.82) is 0 Å². The van der Waals surface area contributed by atoms with Crippen LogP contribution < -0.4 is 10.6 Å². The van der Waals surface area contributed by atoms with Crippen molar-refractivity contribution in [3.05, 3.63) is 52.5 Å². The number of hydrogen-bond acceptors (Lipinski definition) is 4. The lowest BCUT2D eigenvalue weighted by Gasteiger charge is -2.22. The summed E-state index contributed by atoms with van der Waals surface area (Å²) >= 11 is 1.64. The maximum absolute atomic E-state index is 5.77. The zero-order chi connectivity index (χ0) is 16.6. The standard InChI is InChI=1S/C18H24N4OS/c1-14(16-8-5-10-23-16)22-18(21-13-17-19-9-11-24-17)20-12-15-6-3-2-4-7-15/h2-4,6-7,9,11,14,16H,5,8,10,12-13H2,1H3,(H2,20,21,22)/t14-,16+/m0/s1. The highest BCUT2D eigenvalue weighted by Crippen LogP contribution is 2.15. The lowest BCUT2D eigenvalue weighted by atomic mass is 10.1. The Balaban J connectivity index is 1.62. The fourth-order valence-electron chi connectivity index (χ4n) is 2.71. The van der Waals surface area contributed by atoms with E-state index >= 15 is 0 Å². The highest BCUT2D eigenvalue weighted by Gasteiger charge is 2.23. The van der Waals surface area contributed by atoms with Crippen LogP contribution in [-0.2, 0) is 17.8 Å². The summed E-state index contributed by atoms with van der Waals surface area (Å²) in [4.78, 5) is 9.03. The third-order valence-corrected chi connectivity index (χ3v) is 4.82. The van der Waals surface area contributed by atoms with Crippen molar-refractivity contribution in [2.75, 3.05) is 6.61 Å². The summed E-state index contributed by atoms with van der Waals surface area (Å²) in [5.41, 5.74) is 1.19. The number of guanidine groups is 1. The van der Waals surface area contributed by atoms with Crippen LogP contribution in [-0.4, -0.2) is 29.7 Å². The lowest BCUT2D eigenvalue weighted by molar-refractivity contribution is 0.0890. The fourth-order valence-corrected chi connectivity index (χ4v) is 3.27. The molecule has 0 saturated carbocycles. The Hall–Kier alpha value is -1.92. The van der Waals surface area contributed by atoms with Gasteiger partial charge in [-0.15, -0.1) is 11.3 Å². The minimum atomic E-state index is 0.228. The number of nitrogens with zero attached hydrogens (tertiary/aromatic N) is 2. The summed E-state index contributed by atoms with van der Waals surface area (Å²) < 4.78 is 5.77. The predicted molar refractivity (Wildman–Crippen MR) is 98.1 cm³/mol. The minimum Gasteiger partial charge on any atom is -0.376 e. The third kappa shape index (κ3) is 5.04. The smallest absolute Gasteiger partial charge is 0.192 e. The van der Waals surface area contributed by atoms with Gasteiger partial charge in [0.2, 0.25) is 0 Å². The summed E-state index contributed by atoms with van der Waals surface area (Å²) in [6, 6.07) is 10.5. The molecule has 1 aliphatic heterocycles. The molecule has 1 saturated heterocycles. The molecule has 1 aromatic carbocycles. The van der Waals surface area contributed by atoms with Crippen LogP contribution in [0.15, 0.2) is 46.9 Å². The molecule has 2 N–H and O–H groups in total. The molecule has 1 aromatic heterocycles. The van der Waals surface area contributed by atoms with Gasteiger partial charge in [0.15, 0.2) is 5.96 Å². The van der Waals surface area contributed by atoms with Crippen molar-refractivity contribution in [1.82, 2.24) is 15.6 Å². The van der Waals surface area contributed by atoms with Crippen LogP contribution in [0.25, 0.3) is 0 Å². The van der Waals surface area contributed by atoms with E-state index in [4.69, 9.17) is 9.73 Å². The fraction of sp³-hybridized carbons (Fsp3) is 0.444. The number of nitrogens with one attached hydrogen (secondary N) is 2. The first kappa shape index (κ1) is 16.9. The second kappa shape index (κ2) is 8.80. The Morgan fingerprint density at radius 3 is 3.00 bits per heavy atom. The summed E-state index contributed by atoms with van der Waals surface area (Å²) in [6.45, 7) is 4.33. The number of rotatable bonds is 6. The number of benzene rings is 1. The first-order valence-electron chi connectivity index (χ1n) is 8.40. The predicted octanol–water partition coefficient (Wildman–Crippen LogP) is 2.95. The van der Waals surface area contributed by atoms with Crippen LogP contribution in [0.2, 0.25) is 0 Å². The average molecular weight is 344 g/mol. The Morgan fingerprint density at radius 1 is 1.42 bits per heavy atom. The van der Waals surface area contributed by atoms with E-state index in [9.17, 15) is 0 Å². The van der Waals surface area contributed by atoms with Crippen molar-refractivity contribution in [3.8, 4) is 0 Å². The van der Waals surface area contributed by atoms with Crippen LogP contribution in [0.3, 0.4) is 0 Å². The van der Waals surface area contributed by atoms with Gasteiger partial charge in [-0.1, -0.05) is 30.3 Å². The molecule has 2 atom stereocenters. The molecule has 5 nitrogen and oxygen atoms in total. The van der Waals surface area contributed by atoms with E-state index in [1.165, 1.54) is 5.56 Å². The van der Waals surface area contributed by atoms with Gasteiger partial charge in [0.1, 0.15) is 5.01 Å². The maximum atomic E-state index is 5.77. The Labute approximate surface area is 147 Å². The summed E-state index contributed by atoms with van der Waals surface area (Å²) in [5.74, 6) is 0.803. The molecule has 0 aliphatic carbocycles. The summed E-state index contributed by atoms with van der Waals surface area (Å²) in [5, 5.41) is 9.90. The van der Waals surface area contributed by atoms with Crippen LogP contribution >= 0.6 is 11.3 Å². The molecule has 2 aromatic rings. The molecule has 0 unspecified atom stereocenters. The van der Waals surface area contributed by atoms with Crippen LogP contribution in [0.5, 0.6) is 0 Å². The normalized spacial score (nSPS) is 19.2. The molecule has 0 radical (unpaired) electrons. The molecule has 0 spiro atoms. The topological polar surface area (TPSA) is 58.5 Å². The Bertz CT molecular complexity index is 624. The SMILES string of the molecule is C[C@H](NC(=NCc1ccccc1)NCc1nccs1)[C@H]1CCCO1. The van der Waals surface area contributed by atoms with Gasteiger partial charge >= 0.3 is 0 Å². The van der Waals surface area contributed by atoms with E-state index in [1.54, 1.807) is 11.3 Å². The molecule has 2 heterocycles. The number of aromatic nitrogens is 1. The Kier molecular flexibility index (Phi) is 6.20. The monoisotopic (exact) mass is 344 g/mol. The lowest BCUT2D eigenvalue weighted by Crippen LogP contribution is -2.46. The second-order valence-corrected chi connectivity index (χ2v) is 6.89. The van der Waals surface area contributed by atoms with Crippen LogP contribution in [0.1, 0.15) is 30.3 Å². The van der Waals surface area contributed by atoms with E-state index in [-0.39, 0.29) is 12.1 Å². The van der Waals surface area contributed by atoms with Crippen molar-refractivity contribution < 1.29 is 4.74 Å². The van der Waals surface area contributed by atoms with Crippen molar-refractivity contribution >= 4 is 17.3 Å². The number of aliphatic imine (C=N–C) groups is 1. The van der Waals surface area contributed by atoms with Crippen LogP contribution in [0, 0.1) is 0 Å². The molecule has 0 amide bonds. The zero-order valence-corrected chi connectivity index (χ0v) is 14.8. The largest absolute Gasteiger partial charge is 0.376 e. The first-order valence-corrected chi connectivity index (χ1v) is 9.28. The first-order chi connectivity index (χ1) is 11.8. The van der Waals surface area contributed by atoms with E-state index < -0.39 is 0 Å². The van der Waals surface area contributed by atoms with Crippen molar-refractivity contribution in [3.63, 3.8) is 0 Å². The molecular formula is C18H24N4OS. The quantitative estimate of drug-likeness (QED) is 0.625. The van der Waals surface area contributed by atoms with Gasteiger partial charge in [-0.25, -0.2) is 9.98 Å². The maximum Gasteiger partial charge on any atom is 0.192 e. The van der Waals surface area contributed by atoms with Gasteiger partial charge in [0, 0.05) is 18.2 Å². The summed E-state index contributed by atoms with van der Waals surface area (Å²) in [6.07, 6.45) is 4.32. The van der Waals surface area contributed by atoms with Crippen molar-refractivity contribution in [2.45, 2.75) is 45.0 Å². The van der Waals surface area contributed by atoms with E-state index in [0.717, 1.165) is 30.4 Å². The van der Waals surface area contributed by atoms with Gasteiger partial charge in [-0.2, -0.15) is 0 Å². The Morgan fingerprint density at radius 2 is 2.29 bits per heavy atom. The number of ether oxygens (including phenoxy) is 1. The second-order valence-electron chi connectivity index (χ2n) is 5.91. The van der Waals surface area contributed by atoms with Gasteiger partial charge in [0.05, 0.1) is 25.2 Å².